The van der Waals surface area contributed by atoms with Crippen LogP contribution in [0.15, 0.2) is 0 Å². The fourth-order valence-electron chi connectivity index (χ4n) is 2.60. The molecular weight excluding hydrogens is 300 g/mol. The maximum absolute atomic E-state index is 12.2. The Bertz CT molecular complexity index is 355. The number of likely N-dealkylation sites (N-methyl/N-ethyl adjacent to an activating group) is 1. The van der Waals surface area contributed by atoms with E-state index >= 15 is 0 Å². The van der Waals surface area contributed by atoms with E-state index in [9.17, 15) is 9.59 Å². The van der Waals surface area contributed by atoms with E-state index in [2.05, 4.69) is 4.90 Å². The van der Waals surface area contributed by atoms with Crippen LogP contribution in [0, 0.1) is 0 Å². The van der Waals surface area contributed by atoms with E-state index in [-0.39, 0.29) is 11.8 Å². The summed E-state index contributed by atoms with van der Waals surface area (Å²) in [6.07, 6.45) is 2.74. The SMILES string of the molecule is CCN(CC)C(=O)CN1CCN(C(=O)[C@@H](N)CCSC)CC1. The molecule has 0 unspecified atom stereocenters. The van der Waals surface area contributed by atoms with Gasteiger partial charge in [0, 0.05) is 39.3 Å². The van der Waals surface area contributed by atoms with Gasteiger partial charge in [-0.05, 0) is 32.3 Å². The molecule has 22 heavy (non-hydrogen) atoms. The van der Waals surface area contributed by atoms with Crippen molar-refractivity contribution in [1.82, 2.24) is 14.7 Å². The van der Waals surface area contributed by atoms with Gasteiger partial charge in [0.25, 0.3) is 0 Å². The first-order chi connectivity index (χ1) is 10.5. The molecule has 1 aliphatic heterocycles. The molecule has 0 aromatic heterocycles. The minimum Gasteiger partial charge on any atom is -0.342 e. The molecule has 2 N–H and O–H groups in total. The number of carbonyl (C=O) groups is 2. The summed E-state index contributed by atoms with van der Waals surface area (Å²) >= 11 is 1.71. The molecule has 1 heterocycles. The van der Waals surface area contributed by atoms with Crippen LogP contribution < -0.4 is 5.73 Å². The van der Waals surface area contributed by atoms with Crippen LogP contribution in [-0.2, 0) is 9.59 Å². The average Bonchev–Trinajstić information content (AvgIpc) is 2.53. The molecule has 128 valence electrons. The number of thioether (sulfide) groups is 1. The summed E-state index contributed by atoms with van der Waals surface area (Å²) in [5, 5.41) is 0. The van der Waals surface area contributed by atoms with E-state index in [0.717, 1.165) is 38.4 Å². The Kier molecular flexibility index (Phi) is 8.82. The van der Waals surface area contributed by atoms with Gasteiger partial charge in [-0.25, -0.2) is 0 Å². The van der Waals surface area contributed by atoms with Gasteiger partial charge in [-0.3, -0.25) is 14.5 Å². The maximum Gasteiger partial charge on any atom is 0.239 e. The first-order valence-electron chi connectivity index (χ1n) is 8.06. The van der Waals surface area contributed by atoms with E-state index in [1.807, 2.05) is 29.9 Å². The van der Waals surface area contributed by atoms with Crippen molar-refractivity contribution < 1.29 is 9.59 Å². The predicted octanol–water partition coefficient (Wildman–Crippen LogP) is 0.0794. The van der Waals surface area contributed by atoms with Crippen LogP contribution in [0.3, 0.4) is 0 Å². The number of hydrogen-bond acceptors (Lipinski definition) is 5. The number of hydrogen-bond donors (Lipinski definition) is 1. The Morgan fingerprint density at radius 1 is 1.18 bits per heavy atom. The summed E-state index contributed by atoms with van der Waals surface area (Å²) in [6.45, 7) is 8.75. The minimum absolute atomic E-state index is 0.0452. The molecule has 7 heteroatoms. The van der Waals surface area contributed by atoms with Crippen molar-refractivity contribution in [3.05, 3.63) is 0 Å². The van der Waals surface area contributed by atoms with Gasteiger partial charge in [0.2, 0.25) is 11.8 Å². The molecule has 0 aliphatic carbocycles. The smallest absolute Gasteiger partial charge is 0.239 e. The Morgan fingerprint density at radius 2 is 1.77 bits per heavy atom. The molecule has 1 atom stereocenters. The van der Waals surface area contributed by atoms with Crippen molar-refractivity contribution in [3.8, 4) is 0 Å². The number of amides is 2. The highest BCUT2D eigenvalue weighted by Crippen LogP contribution is 2.07. The predicted molar refractivity (Wildman–Crippen MR) is 91.9 cm³/mol. The summed E-state index contributed by atoms with van der Waals surface area (Å²) in [4.78, 5) is 30.1. The van der Waals surface area contributed by atoms with E-state index in [0.29, 0.717) is 19.6 Å². The third kappa shape index (κ3) is 5.78. The second-order valence-corrected chi connectivity index (χ2v) is 6.54. The normalized spacial score (nSPS) is 17.4. The summed E-state index contributed by atoms with van der Waals surface area (Å²) in [6, 6.07) is -0.392. The number of carbonyl (C=O) groups excluding carboxylic acids is 2. The Labute approximate surface area is 138 Å². The van der Waals surface area contributed by atoms with Crippen molar-refractivity contribution >= 4 is 23.6 Å². The van der Waals surface area contributed by atoms with Gasteiger partial charge < -0.3 is 15.5 Å². The third-order valence-electron chi connectivity index (χ3n) is 4.11. The highest BCUT2D eigenvalue weighted by molar-refractivity contribution is 7.98. The summed E-state index contributed by atoms with van der Waals surface area (Å²) in [7, 11) is 0. The fraction of sp³-hybridized carbons (Fsp3) is 0.867. The average molecular weight is 330 g/mol. The van der Waals surface area contributed by atoms with E-state index in [1.165, 1.54) is 0 Å². The monoisotopic (exact) mass is 330 g/mol. The van der Waals surface area contributed by atoms with Gasteiger partial charge in [0.1, 0.15) is 0 Å². The second-order valence-electron chi connectivity index (χ2n) is 5.56. The first-order valence-corrected chi connectivity index (χ1v) is 9.46. The van der Waals surface area contributed by atoms with Crippen molar-refractivity contribution in [2.45, 2.75) is 26.3 Å². The second kappa shape index (κ2) is 10.1. The van der Waals surface area contributed by atoms with Crippen molar-refractivity contribution in [2.24, 2.45) is 5.73 Å². The lowest BCUT2D eigenvalue weighted by Gasteiger charge is -2.36. The lowest BCUT2D eigenvalue weighted by atomic mass is 10.2. The lowest BCUT2D eigenvalue weighted by Crippen LogP contribution is -2.54. The molecule has 0 saturated carbocycles. The number of nitrogens with zero attached hydrogens (tertiary/aromatic N) is 3. The van der Waals surface area contributed by atoms with E-state index in [1.54, 1.807) is 11.8 Å². The maximum atomic E-state index is 12.2. The topological polar surface area (TPSA) is 69.9 Å². The molecule has 0 spiro atoms. The molecule has 0 bridgehead atoms. The van der Waals surface area contributed by atoms with Gasteiger partial charge >= 0.3 is 0 Å². The first kappa shape index (κ1) is 19.3. The largest absolute Gasteiger partial charge is 0.342 e. The molecule has 0 aromatic rings. The van der Waals surface area contributed by atoms with Crippen LogP contribution in [0.5, 0.6) is 0 Å². The summed E-state index contributed by atoms with van der Waals surface area (Å²) < 4.78 is 0. The molecule has 0 radical (unpaired) electrons. The molecule has 1 fully saturated rings. The van der Waals surface area contributed by atoms with Crippen LogP contribution in [0.4, 0.5) is 0 Å². The molecule has 1 rings (SSSR count). The van der Waals surface area contributed by atoms with Gasteiger partial charge in [-0.2, -0.15) is 11.8 Å². The Hall–Kier alpha value is -0.790. The summed E-state index contributed by atoms with van der Waals surface area (Å²) in [5.74, 6) is 1.12. The van der Waals surface area contributed by atoms with Crippen LogP contribution in [0.1, 0.15) is 20.3 Å². The zero-order valence-corrected chi connectivity index (χ0v) is 14.9. The zero-order valence-electron chi connectivity index (χ0n) is 14.1. The van der Waals surface area contributed by atoms with Crippen LogP contribution in [-0.4, -0.2) is 90.4 Å². The van der Waals surface area contributed by atoms with Crippen molar-refractivity contribution in [3.63, 3.8) is 0 Å². The highest BCUT2D eigenvalue weighted by atomic mass is 32.2. The van der Waals surface area contributed by atoms with Gasteiger partial charge in [0.15, 0.2) is 0 Å². The van der Waals surface area contributed by atoms with E-state index < -0.39 is 6.04 Å². The standard InChI is InChI=1S/C15H30N4O2S/c1-4-18(5-2)14(20)12-17-7-9-19(10-8-17)15(21)13(16)6-11-22-3/h13H,4-12,16H2,1-3H3/t13-/m0/s1. The van der Waals surface area contributed by atoms with E-state index in [4.69, 9.17) is 5.73 Å². The third-order valence-corrected chi connectivity index (χ3v) is 4.75. The highest BCUT2D eigenvalue weighted by Gasteiger charge is 2.26. The Balaban J connectivity index is 2.36. The number of nitrogens with two attached hydrogens (primary N) is 1. The molecule has 6 nitrogen and oxygen atoms in total. The van der Waals surface area contributed by atoms with Crippen LogP contribution in [0.2, 0.25) is 0 Å². The molecule has 1 saturated heterocycles. The van der Waals surface area contributed by atoms with Gasteiger partial charge in [-0.1, -0.05) is 0 Å². The quantitative estimate of drug-likeness (QED) is 0.682. The Morgan fingerprint density at radius 3 is 2.27 bits per heavy atom. The van der Waals surface area contributed by atoms with Gasteiger partial charge in [-0.15, -0.1) is 0 Å². The molecule has 2 amide bonds. The van der Waals surface area contributed by atoms with Gasteiger partial charge in [0.05, 0.1) is 12.6 Å². The zero-order chi connectivity index (χ0) is 16.5. The lowest BCUT2D eigenvalue weighted by molar-refractivity contribution is -0.135. The number of rotatable bonds is 8. The molecule has 1 aliphatic rings. The minimum atomic E-state index is -0.392. The van der Waals surface area contributed by atoms with Crippen LogP contribution in [0.25, 0.3) is 0 Å². The van der Waals surface area contributed by atoms with Crippen molar-refractivity contribution in [2.75, 3.05) is 57.8 Å². The molecule has 0 aromatic carbocycles. The van der Waals surface area contributed by atoms with Crippen molar-refractivity contribution in [1.29, 1.82) is 0 Å². The van der Waals surface area contributed by atoms with Crippen LogP contribution >= 0.6 is 11.8 Å². The molecular formula is C15H30N4O2S. The number of piperazine rings is 1. The summed E-state index contributed by atoms with van der Waals surface area (Å²) in [5.41, 5.74) is 5.95. The fourth-order valence-corrected chi connectivity index (χ4v) is 3.09.